The number of nitrogens with zero attached hydrogens (tertiary/aromatic N) is 1. The maximum Gasteiger partial charge on any atom is 0.269 e. The first kappa shape index (κ1) is 18.2. The van der Waals surface area contributed by atoms with Crippen LogP contribution in [0.25, 0.3) is 0 Å². The van der Waals surface area contributed by atoms with Crippen molar-refractivity contribution >= 4 is 34.8 Å². The van der Waals surface area contributed by atoms with Gasteiger partial charge in [0.15, 0.2) is 0 Å². The smallest absolute Gasteiger partial charge is 0.269 e. The van der Waals surface area contributed by atoms with Gasteiger partial charge in [0.25, 0.3) is 5.69 Å². The lowest BCUT2D eigenvalue weighted by Crippen LogP contribution is -2.29. The van der Waals surface area contributed by atoms with E-state index in [-0.39, 0.29) is 24.6 Å². The van der Waals surface area contributed by atoms with Crippen LogP contribution in [0.15, 0.2) is 42.5 Å². The van der Waals surface area contributed by atoms with Gasteiger partial charge in [0.2, 0.25) is 5.91 Å². The summed E-state index contributed by atoms with van der Waals surface area (Å²) < 4.78 is 0. The van der Waals surface area contributed by atoms with E-state index in [1.165, 1.54) is 24.3 Å². The molecule has 0 spiro atoms. The van der Waals surface area contributed by atoms with E-state index in [2.05, 4.69) is 5.32 Å². The molecule has 1 atom stereocenters. The van der Waals surface area contributed by atoms with Crippen LogP contribution < -0.4 is 5.32 Å². The summed E-state index contributed by atoms with van der Waals surface area (Å²) >= 11 is 11.8. The summed E-state index contributed by atoms with van der Waals surface area (Å²) in [6.45, 7) is -0.0121. The molecule has 0 saturated heterocycles. The lowest BCUT2D eigenvalue weighted by Gasteiger charge is -2.12. The van der Waals surface area contributed by atoms with E-state index in [4.69, 9.17) is 23.2 Å². The minimum atomic E-state index is -0.963. The fraction of sp³-hybridized carbons (Fsp3) is 0.188. The average molecular weight is 369 g/mol. The van der Waals surface area contributed by atoms with Gasteiger partial charge in [-0.2, -0.15) is 0 Å². The molecule has 0 aliphatic carbocycles. The third-order valence-electron chi connectivity index (χ3n) is 3.35. The number of amides is 1. The molecule has 0 radical (unpaired) electrons. The Morgan fingerprint density at radius 1 is 1.21 bits per heavy atom. The van der Waals surface area contributed by atoms with Gasteiger partial charge in [-0.15, -0.1) is 0 Å². The van der Waals surface area contributed by atoms with Gasteiger partial charge in [0.05, 0.1) is 17.4 Å². The maximum atomic E-state index is 11.9. The molecule has 0 bridgehead atoms. The van der Waals surface area contributed by atoms with E-state index in [9.17, 15) is 20.0 Å². The molecule has 2 aromatic carbocycles. The molecule has 1 amide bonds. The number of aliphatic hydroxyl groups is 1. The van der Waals surface area contributed by atoms with Crippen LogP contribution >= 0.6 is 23.2 Å². The standard InChI is InChI=1S/C16H14Cl2N2O4/c17-12-4-1-11(14(18)8-12)7-16(22)19-9-15(21)10-2-5-13(6-3-10)20(23)24/h1-6,8,15,21H,7,9H2,(H,19,22). The molecular weight excluding hydrogens is 355 g/mol. The molecule has 2 N–H and O–H groups in total. The molecule has 0 fully saturated rings. The molecule has 8 heteroatoms. The first-order valence-corrected chi connectivity index (χ1v) is 7.75. The third-order valence-corrected chi connectivity index (χ3v) is 3.93. The van der Waals surface area contributed by atoms with Crippen LogP contribution in [0.4, 0.5) is 5.69 Å². The second kappa shape index (κ2) is 8.10. The highest BCUT2D eigenvalue weighted by molar-refractivity contribution is 6.35. The van der Waals surface area contributed by atoms with E-state index in [1.54, 1.807) is 18.2 Å². The Bertz CT molecular complexity index is 750. The van der Waals surface area contributed by atoms with Gasteiger partial charge in [-0.05, 0) is 35.4 Å². The lowest BCUT2D eigenvalue weighted by atomic mass is 10.1. The summed E-state index contributed by atoms with van der Waals surface area (Å²) in [6.07, 6.45) is -0.904. The average Bonchev–Trinajstić information content (AvgIpc) is 2.55. The fourth-order valence-electron chi connectivity index (χ4n) is 2.05. The first-order valence-electron chi connectivity index (χ1n) is 7.00. The molecule has 0 heterocycles. The van der Waals surface area contributed by atoms with Gasteiger partial charge in [-0.1, -0.05) is 29.3 Å². The SMILES string of the molecule is O=C(Cc1ccc(Cl)cc1Cl)NCC(O)c1ccc([N+](=O)[O-])cc1. The fourth-order valence-corrected chi connectivity index (χ4v) is 2.52. The Hall–Kier alpha value is -2.15. The lowest BCUT2D eigenvalue weighted by molar-refractivity contribution is -0.384. The molecule has 24 heavy (non-hydrogen) atoms. The van der Waals surface area contributed by atoms with Crippen LogP contribution in [0.5, 0.6) is 0 Å². The van der Waals surface area contributed by atoms with Crippen molar-refractivity contribution in [2.45, 2.75) is 12.5 Å². The van der Waals surface area contributed by atoms with Crippen LogP contribution in [0.1, 0.15) is 17.2 Å². The number of nitro benzene ring substituents is 1. The van der Waals surface area contributed by atoms with Crippen LogP contribution in [-0.4, -0.2) is 22.5 Å². The molecule has 0 aromatic heterocycles. The monoisotopic (exact) mass is 368 g/mol. The van der Waals surface area contributed by atoms with Crippen LogP contribution in [0.3, 0.4) is 0 Å². The number of hydrogen-bond donors (Lipinski definition) is 2. The Balaban J connectivity index is 1.89. The number of hydrogen-bond acceptors (Lipinski definition) is 4. The van der Waals surface area contributed by atoms with E-state index in [0.29, 0.717) is 21.2 Å². The topological polar surface area (TPSA) is 92.5 Å². The number of nitro groups is 1. The second-order valence-electron chi connectivity index (χ2n) is 5.08. The Morgan fingerprint density at radius 3 is 2.46 bits per heavy atom. The van der Waals surface area contributed by atoms with Crippen molar-refractivity contribution in [1.82, 2.24) is 5.32 Å². The van der Waals surface area contributed by atoms with Gasteiger partial charge in [0.1, 0.15) is 0 Å². The first-order chi connectivity index (χ1) is 11.4. The van der Waals surface area contributed by atoms with Crippen molar-refractivity contribution in [1.29, 1.82) is 0 Å². The molecule has 2 rings (SSSR count). The van der Waals surface area contributed by atoms with Crippen LogP contribution in [0, 0.1) is 10.1 Å². The number of non-ortho nitro benzene ring substituents is 1. The van der Waals surface area contributed by atoms with Gasteiger partial charge in [-0.3, -0.25) is 14.9 Å². The van der Waals surface area contributed by atoms with Gasteiger partial charge < -0.3 is 10.4 Å². The third kappa shape index (κ3) is 4.92. The van der Waals surface area contributed by atoms with E-state index >= 15 is 0 Å². The summed E-state index contributed by atoms with van der Waals surface area (Å²) in [5, 5.41) is 24.1. The number of aliphatic hydroxyl groups excluding tert-OH is 1. The van der Waals surface area contributed by atoms with Crippen LogP contribution in [-0.2, 0) is 11.2 Å². The summed E-state index contributed by atoms with van der Waals surface area (Å²) in [4.78, 5) is 22.0. The Kier molecular flexibility index (Phi) is 6.14. The molecular formula is C16H14Cl2N2O4. The second-order valence-corrected chi connectivity index (χ2v) is 5.92. The quantitative estimate of drug-likeness (QED) is 0.604. The zero-order chi connectivity index (χ0) is 17.7. The molecule has 0 saturated carbocycles. The van der Waals surface area contributed by atoms with Crippen molar-refractivity contribution in [3.8, 4) is 0 Å². The summed E-state index contributed by atoms with van der Waals surface area (Å²) in [5.74, 6) is -0.305. The zero-order valence-corrected chi connectivity index (χ0v) is 13.9. The van der Waals surface area contributed by atoms with Crippen molar-refractivity contribution in [3.05, 3.63) is 73.8 Å². The zero-order valence-electron chi connectivity index (χ0n) is 12.4. The highest BCUT2D eigenvalue weighted by atomic mass is 35.5. The highest BCUT2D eigenvalue weighted by Gasteiger charge is 2.13. The highest BCUT2D eigenvalue weighted by Crippen LogP contribution is 2.21. The van der Waals surface area contributed by atoms with Gasteiger partial charge in [0, 0.05) is 28.7 Å². The van der Waals surface area contributed by atoms with E-state index in [0.717, 1.165) is 0 Å². The van der Waals surface area contributed by atoms with E-state index in [1.807, 2.05) is 0 Å². The predicted molar refractivity (Wildman–Crippen MR) is 91.2 cm³/mol. The molecule has 1 unspecified atom stereocenters. The summed E-state index contributed by atoms with van der Waals surface area (Å²) in [7, 11) is 0. The number of rotatable bonds is 6. The predicted octanol–water partition coefficient (Wildman–Crippen LogP) is 3.29. The number of nitrogens with one attached hydrogen (secondary N) is 1. The maximum absolute atomic E-state index is 11.9. The number of halogens is 2. The minimum Gasteiger partial charge on any atom is -0.387 e. The summed E-state index contributed by atoms with van der Waals surface area (Å²) in [5.41, 5.74) is 1.04. The summed E-state index contributed by atoms with van der Waals surface area (Å²) in [6, 6.07) is 10.4. The van der Waals surface area contributed by atoms with E-state index < -0.39 is 11.0 Å². The molecule has 2 aromatic rings. The largest absolute Gasteiger partial charge is 0.387 e. The van der Waals surface area contributed by atoms with Crippen molar-refractivity contribution in [2.75, 3.05) is 6.54 Å². The minimum absolute atomic E-state index is 0.0121. The molecule has 0 aliphatic rings. The van der Waals surface area contributed by atoms with Crippen LogP contribution in [0.2, 0.25) is 10.0 Å². The number of carbonyl (C=O) groups excluding carboxylic acids is 1. The number of benzene rings is 2. The van der Waals surface area contributed by atoms with Crippen molar-refractivity contribution < 1.29 is 14.8 Å². The van der Waals surface area contributed by atoms with Crippen molar-refractivity contribution in [2.24, 2.45) is 0 Å². The Morgan fingerprint density at radius 2 is 1.88 bits per heavy atom. The van der Waals surface area contributed by atoms with Gasteiger partial charge in [-0.25, -0.2) is 0 Å². The van der Waals surface area contributed by atoms with Gasteiger partial charge >= 0.3 is 0 Å². The molecule has 6 nitrogen and oxygen atoms in total. The Labute approximate surface area is 148 Å². The molecule has 126 valence electrons. The normalized spacial score (nSPS) is 11.8. The molecule has 0 aliphatic heterocycles. The number of carbonyl (C=O) groups is 1. The van der Waals surface area contributed by atoms with Crippen molar-refractivity contribution in [3.63, 3.8) is 0 Å².